The summed E-state index contributed by atoms with van der Waals surface area (Å²) in [6.45, 7) is 7.53. The van der Waals surface area contributed by atoms with Gasteiger partial charge in [-0.15, -0.1) is 12.6 Å². The SMILES string of the molecule is CC(C)N1CCN(C(=O)c2ccc(F)c(S)c2)CC1. The molecule has 0 unspecified atom stereocenters. The molecule has 19 heavy (non-hydrogen) atoms. The first-order valence-corrected chi connectivity index (χ1v) is 6.95. The zero-order chi connectivity index (χ0) is 14.0. The normalized spacial score (nSPS) is 17.0. The van der Waals surface area contributed by atoms with E-state index < -0.39 is 5.82 Å². The molecular formula is C14H19FN2OS. The van der Waals surface area contributed by atoms with Gasteiger partial charge in [-0.05, 0) is 32.0 Å². The van der Waals surface area contributed by atoms with E-state index in [2.05, 4.69) is 31.4 Å². The van der Waals surface area contributed by atoms with Crippen LogP contribution in [0.25, 0.3) is 0 Å². The van der Waals surface area contributed by atoms with Crippen LogP contribution in [0.4, 0.5) is 4.39 Å². The van der Waals surface area contributed by atoms with Gasteiger partial charge in [-0.25, -0.2) is 4.39 Å². The average molecular weight is 282 g/mol. The molecule has 0 aromatic heterocycles. The lowest BCUT2D eigenvalue weighted by molar-refractivity contribution is 0.0595. The predicted octanol–water partition coefficient (Wildman–Crippen LogP) is 2.28. The summed E-state index contributed by atoms with van der Waals surface area (Å²) in [5.74, 6) is -0.441. The van der Waals surface area contributed by atoms with Crippen LogP contribution in [0.5, 0.6) is 0 Å². The summed E-state index contributed by atoms with van der Waals surface area (Å²) in [4.78, 5) is 16.7. The van der Waals surface area contributed by atoms with Crippen LogP contribution in [-0.2, 0) is 0 Å². The minimum absolute atomic E-state index is 0.0429. The third kappa shape index (κ3) is 3.28. The third-order valence-corrected chi connectivity index (χ3v) is 3.87. The Labute approximate surface area is 118 Å². The lowest BCUT2D eigenvalue weighted by Gasteiger charge is -2.37. The monoisotopic (exact) mass is 282 g/mol. The largest absolute Gasteiger partial charge is 0.336 e. The Kier molecular flexibility index (Phi) is 4.47. The van der Waals surface area contributed by atoms with Crippen molar-refractivity contribution in [3.8, 4) is 0 Å². The number of halogens is 1. The zero-order valence-corrected chi connectivity index (χ0v) is 12.2. The Morgan fingerprint density at radius 2 is 1.89 bits per heavy atom. The first kappa shape index (κ1) is 14.3. The van der Waals surface area contributed by atoms with E-state index in [0.717, 1.165) is 26.2 Å². The molecule has 0 saturated carbocycles. The minimum atomic E-state index is -0.399. The second kappa shape index (κ2) is 5.92. The summed E-state index contributed by atoms with van der Waals surface area (Å²) in [6.07, 6.45) is 0. The Morgan fingerprint density at radius 3 is 2.42 bits per heavy atom. The second-order valence-electron chi connectivity index (χ2n) is 5.09. The first-order chi connectivity index (χ1) is 8.99. The number of hydrogen-bond donors (Lipinski definition) is 1. The van der Waals surface area contributed by atoms with Gasteiger partial charge in [0.25, 0.3) is 5.91 Å². The van der Waals surface area contributed by atoms with Gasteiger partial charge in [0.15, 0.2) is 0 Å². The van der Waals surface area contributed by atoms with E-state index in [1.807, 2.05) is 4.90 Å². The highest BCUT2D eigenvalue weighted by Gasteiger charge is 2.23. The molecule has 5 heteroatoms. The molecular weight excluding hydrogens is 263 g/mol. The number of benzene rings is 1. The van der Waals surface area contributed by atoms with Crippen LogP contribution in [-0.4, -0.2) is 47.9 Å². The predicted molar refractivity (Wildman–Crippen MR) is 76.3 cm³/mol. The Bertz CT molecular complexity index is 471. The summed E-state index contributed by atoms with van der Waals surface area (Å²) < 4.78 is 13.1. The molecule has 1 aliphatic heterocycles. The molecule has 0 N–H and O–H groups in total. The standard InChI is InChI=1S/C14H19FN2OS/c1-10(2)16-5-7-17(8-6-16)14(18)11-3-4-12(15)13(19)9-11/h3-4,9-10,19H,5-8H2,1-2H3. The van der Waals surface area contributed by atoms with Gasteiger partial charge >= 0.3 is 0 Å². The number of thiol groups is 1. The van der Waals surface area contributed by atoms with E-state index in [1.54, 1.807) is 0 Å². The lowest BCUT2D eigenvalue weighted by atomic mass is 10.1. The molecule has 104 valence electrons. The van der Waals surface area contributed by atoms with Crippen molar-refractivity contribution in [1.29, 1.82) is 0 Å². The molecule has 1 amide bonds. The molecule has 0 atom stereocenters. The second-order valence-corrected chi connectivity index (χ2v) is 5.57. The van der Waals surface area contributed by atoms with Crippen molar-refractivity contribution in [1.82, 2.24) is 9.80 Å². The smallest absolute Gasteiger partial charge is 0.253 e. The fourth-order valence-corrected chi connectivity index (χ4v) is 2.48. The molecule has 0 bridgehead atoms. The van der Waals surface area contributed by atoms with Crippen molar-refractivity contribution in [2.24, 2.45) is 0 Å². The maximum atomic E-state index is 13.1. The summed E-state index contributed by atoms with van der Waals surface area (Å²) >= 11 is 4.01. The van der Waals surface area contributed by atoms with Gasteiger partial charge in [0.1, 0.15) is 5.82 Å². The Balaban J connectivity index is 2.03. The maximum absolute atomic E-state index is 13.1. The van der Waals surface area contributed by atoms with Crippen LogP contribution >= 0.6 is 12.6 Å². The van der Waals surface area contributed by atoms with E-state index in [1.165, 1.54) is 18.2 Å². The molecule has 1 aromatic rings. The fourth-order valence-electron chi connectivity index (χ4n) is 2.27. The number of nitrogens with zero attached hydrogens (tertiary/aromatic N) is 2. The molecule has 2 rings (SSSR count). The van der Waals surface area contributed by atoms with Gasteiger partial charge in [0, 0.05) is 42.7 Å². The van der Waals surface area contributed by atoms with Gasteiger partial charge in [0.2, 0.25) is 0 Å². The van der Waals surface area contributed by atoms with Gasteiger partial charge in [-0.3, -0.25) is 9.69 Å². The third-order valence-electron chi connectivity index (χ3n) is 3.52. The van der Waals surface area contributed by atoms with Gasteiger partial charge < -0.3 is 4.90 Å². The fraction of sp³-hybridized carbons (Fsp3) is 0.500. The molecule has 0 radical (unpaired) electrons. The van der Waals surface area contributed by atoms with E-state index >= 15 is 0 Å². The van der Waals surface area contributed by atoms with Crippen molar-refractivity contribution >= 4 is 18.5 Å². The van der Waals surface area contributed by atoms with Gasteiger partial charge in [0.05, 0.1) is 0 Å². The van der Waals surface area contributed by atoms with E-state index in [9.17, 15) is 9.18 Å². The number of hydrogen-bond acceptors (Lipinski definition) is 3. The molecule has 1 aliphatic rings. The van der Waals surface area contributed by atoms with Crippen LogP contribution in [0.1, 0.15) is 24.2 Å². The Morgan fingerprint density at radius 1 is 1.26 bits per heavy atom. The molecule has 1 fully saturated rings. The number of amides is 1. The minimum Gasteiger partial charge on any atom is -0.336 e. The maximum Gasteiger partial charge on any atom is 0.253 e. The van der Waals surface area contributed by atoms with Crippen molar-refractivity contribution in [3.63, 3.8) is 0 Å². The summed E-state index contributed by atoms with van der Waals surface area (Å²) in [7, 11) is 0. The highest BCUT2D eigenvalue weighted by molar-refractivity contribution is 7.80. The van der Waals surface area contributed by atoms with Crippen molar-refractivity contribution in [2.75, 3.05) is 26.2 Å². The lowest BCUT2D eigenvalue weighted by Crippen LogP contribution is -2.50. The molecule has 0 aliphatic carbocycles. The summed E-state index contributed by atoms with van der Waals surface area (Å²) in [5, 5.41) is 0. The summed E-state index contributed by atoms with van der Waals surface area (Å²) in [6, 6.07) is 4.81. The van der Waals surface area contributed by atoms with Crippen molar-refractivity contribution in [3.05, 3.63) is 29.6 Å². The van der Waals surface area contributed by atoms with E-state index in [-0.39, 0.29) is 10.8 Å². The van der Waals surface area contributed by atoms with Gasteiger partial charge in [-0.2, -0.15) is 0 Å². The van der Waals surface area contributed by atoms with Gasteiger partial charge in [-0.1, -0.05) is 0 Å². The molecule has 1 aromatic carbocycles. The quantitative estimate of drug-likeness (QED) is 0.841. The molecule has 1 heterocycles. The highest BCUT2D eigenvalue weighted by atomic mass is 32.1. The van der Waals surface area contributed by atoms with Crippen LogP contribution < -0.4 is 0 Å². The first-order valence-electron chi connectivity index (χ1n) is 6.51. The molecule has 0 spiro atoms. The number of carbonyl (C=O) groups excluding carboxylic acids is 1. The molecule has 1 saturated heterocycles. The van der Waals surface area contributed by atoms with E-state index in [4.69, 9.17) is 0 Å². The number of piperazine rings is 1. The number of rotatable bonds is 2. The summed E-state index contributed by atoms with van der Waals surface area (Å²) in [5.41, 5.74) is 0.504. The zero-order valence-electron chi connectivity index (χ0n) is 11.3. The molecule has 3 nitrogen and oxygen atoms in total. The average Bonchev–Trinajstić information content (AvgIpc) is 2.41. The van der Waals surface area contributed by atoms with Crippen LogP contribution in [0, 0.1) is 5.82 Å². The topological polar surface area (TPSA) is 23.6 Å². The van der Waals surface area contributed by atoms with Crippen molar-refractivity contribution in [2.45, 2.75) is 24.8 Å². The van der Waals surface area contributed by atoms with Crippen LogP contribution in [0.3, 0.4) is 0 Å². The van der Waals surface area contributed by atoms with Crippen LogP contribution in [0.15, 0.2) is 23.1 Å². The Hall–Kier alpha value is -1.07. The van der Waals surface area contributed by atoms with Crippen LogP contribution in [0.2, 0.25) is 0 Å². The van der Waals surface area contributed by atoms with Crippen molar-refractivity contribution < 1.29 is 9.18 Å². The highest BCUT2D eigenvalue weighted by Crippen LogP contribution is 2.17. The number of carbonyl (C=O) groups is 1. The van der Waals surface area contributed by atoms with E-state index in [0.29, 0.717) is 11.6 Å².